The monoisotopic (exact) mass is 457 g/mol. The lowest BCUT2D eigenvalue weighted by molar-refractivity contribution is -0.0515. The van der Waals surface area contributed by atoms with Crippen LogP contribution < -0.4 is 4.74 Å². The first-order chi connectivity index (χ1) is 15.7. The molecule has 1 unspecified atom stereocenters. The van der Waals surface area contributed by atoms with E-state index in [1.165, 1.54) is 24.3 Å². The number of rotatable bonds is 5. The van der Waals surface area contributed by atoms with Gasteiger partial charge in [0.2, 0.25) is 5.88 Å². The highest BCUT2D eigenvalue weighted by Crippen LogP contribution is 2.41. The van der Waals surface area contributed by atoms with E-state index in [9.17, 15) is 18.7 Å². The van der Waals surface area contributed by atoms with E-state index < -0.39 is 29.2 Å². The maximum Gasteiger partial charge on any atom is 0.257 e. The van der Waals surface area contributed by atoms with Crippen LogP contribution in [-0.4, -0.2) is 52.4 Å². The summed E-state index contributed by atoms with van der Waals surface area (Å²) in [4.78, 5) is 22.4. The zero-order valence-corrected chi connectivity index (χ0v) is 18.8. The van der Waals surface area contributed by atoms with Crippen LogP contribution in [0.2, 0.25) is 0 Å². The van der Waals surface area contributed by atoms with Gasteiger partial charge in [0.15, 0.2) is 17.9 Å². The van der Waals surface area contributed by atoms with Crippen LogP contribution in [0.15, 0.2) is 36.5 Å². The van der Waals surface area contributed by atoms with Crippen molar-refractivity contribution in [1.82, 2.24) is 14.9 Å². The largest absolute Gasteiger partial charge is 0.481 e. The van der Waals surface area contributed by atoms with Crippen LogP contribution in [0.25, 0.3) is 16.6 Å². The molecule has 4 rings (SSSR count). The van der Waals surface area contributed by atoms with Crippen molar-refractivity contribution in [3.05, 3.63) is 65.0 Å². The number of ether oxygens (including phenoxy) is 2. The summed E-state index contributed by atoms with van der Waals surface area (Å²) in [6.45, 7) is 6.10. The summed E-state index contributed by atoms with van der Waals surface area (Å²) in [6, 6.07) is 6.63. The number of hydrogen-bond donors (Lipinski definition) is 2. The molecule has 0 spiro atoms. The molecule has 0 radical (unpaired) electrons. The second-order valence-electron chi connectivity index (χ2n) is 8.46. The Labute approximate surface area is 189 Å². The minimum absolute atomic E-state index is 0.00646. The molecule has 33 heavy (non-hydrogen) atoms. The van der Waals surface area contributed by atoms with Gasteiger partial charge in [0.1, 0.15) is 5.65 Å². The van der Waals surface area contributed by atoms with Gasteiger partial charge in [-0.2, -0.15) is 4.98 Å². The molecule has 0 saturated heterocycles. The highest BCUT2D eigenvalue weighted by Gasteiger charge is 2.37. The molecule has 0 fully saturated rings. The Balaban J connectivity index is 1.89. The number of benzene rings is 1. The fourth-order valence-corrected chi connectivity index (χ4v) is 4.23. The van der Waals surface area contributed by atoms with E-state index in [1.54, 1.807) is 13.0 Å². The smallest absolute Gasteiger partial charge is 0.257 e. The summed E-state index contributed by atoms with van der Waals surface area (Å²) in [5.74, 6) is -2.24. The second kappa shape index (κ2) is 8.57. The molecule has 1 atom stereocenters. The van der Waals surface area contributed by atoms with E-state index in [1.807, 2.05) is 19.9 Å². The Bertz CT molecular complexity index is 1250. The van der Waals surface area contributed by atoms with Gasteiger partial charge in [0.05, 0.1) is 12.8 Å². The molecule has 1 aliphatic heterocycles. The van der Waals surface area contributed by atoms with Gasteiger partial charge in [-0.05, 0) is 36.8 Å². The Kier molecular flexibility index (Phi) is 5.94. The molecular weight excluding hydrogens is 432 g/mol. The number of aliphatic hydroxyl groups is 1. The van der Waals surface area contributed by atoms with Crippen molar-refractivity contribution in [3.63, 3.8) is 0 Å². The van der Waals surface area contributed by atoms with Crippen LogP contribution in [0.1, 0.15) is 42.4 Å². The standard InChI is InChI=1S/C24H25F2N3O4/c1-5-33-23(31)15-11-29(22(30)13-6-8-16(25)17(26)10-13)12-24(2,3)19-14-7-9-18(32-4)27-21(14)28-20(15)19/h6-11,23,31H,5,12H2,1-4H3,(H,27,28). The molecule has 1 aliphatic rings. The number of carbonyl (C=O) groups excluding carboxylic acids is 1. The minimum Gasteiger partial charge on any atom is -0.481 e. The second-order valence-corrected chi connectivity index (χ2v) is 8.46. The minimum atomic E-state index is -1.34. The average Bonchev–Trinajstić information content (AvgIpc) is 3.11. The molecule has 0 saturated carbocycles. The first-order valence-electron chi connectivity index (χ1n) is 10.5. The lowest BCUT2D eigenvalue weighted by atomic mass is 9.82. The van der Waals surface area contributed by atoms with Crippen molar-refractivity contribution >= 4 is 22.5 Å². The van der Waals surface area contributed by atoms with Crippen molar-refractivity contribution in [2.24, 2.45) is 0 Å². The Morgan fingerprint density at radius 2 is 2.03 bits per heavy atom. The van der Waals surface area contributed by atoms with Gasteiger partial charge in [0, 0.05) is 47.4 Å². The van der Waals surface area contributed by atoms with Gasteiger partial charge in [-0.25, -0.2) is 8.78 Å². The molecule has 1 aromatic carbocycles. The zero-order valence-electron chi connectivity index (χ0n) is 18.8. The maximum atomic E-state index is 13.8. The van der Waals surface area contributed by atoms with E-state index in [0.29, 0.717) is 22.8 Å². The van der Waals surface area contributed by atoms with Gasteiger partial charge in [-0.15, -0.1) is 0 Å². The van der Waals surface area contributed by atoms with E-state index in [0.717, 1.165) is 23.1 Å². The van der Waals surface area contributed by atoms with Gasteiger partial charge in [0.25, 0.3) is 5.91 Å². The molecule has 2 aromatic heterocycles. The zero-order chi connectivity index (χ0) is 23.9. The quantitative estimate of drug-likeness (QED) is 0.566. The van der Waals surface area contributed by atoms with Crippen LogP contribution in [0.4, 0.5) is 8.78 Å². The topological polar surface area (TPSA) is 87.7 Å². The molecular formula is C24H25F2N3O4. The van der Waals surface area contributed by atoms with Gasteiger partial charge >= 0.3 is 0 Å². The lowest BCUT2D eigenvalue weighted by Gasteiger charge is -2.29. The summed E-state index contributed by atoms with van der Waals surface area (Å²) >= 11 is 0. The predicted molar refractivity (Wildman–Crippen MR) is 119 cm³/mol. The third kappa shape index (κ3) is 4.09. The number of nitrogens with zero attached hydrogens (tertiary/aromatic N) is 2. The number of aliphatic hydroxyl groups excluding tert-OH is 1. The SMILES string of the molecule is CCOC(O)C1=CN(C(=O)c2ccc(F)c(F)c2)CC(C)(C)c2c1[nH]c1nc(OC)ccc21. The van der Waals surface area contributed by atoms with Crippen LogP contribution in [0.3, 0.4) is 0 Å². The van der Waals surface area contributed by atoms with E-state index in [4.69, 9.17) is 9.47 Å². The van der Waals surface area contributed by atoms with Crippen LogP contribution in [0, 0.1) is 11.6 Å². The Hall–Kier alpha value is -3.30. The third-order valence-corrected chi connectivity index (χ3v) is 5.69. The maximum absolute atomic E-state index is 13.8. The van der Waals surface area contributed by atoms with Crippen molar-refractivity contribution in [1.29, 1.82) is 0 Å². The number of H-pyrrole nitrogens is 1. The number of carbonyl (C=O) groups is 1. The summed E-state index contributed by atoms with van der Waals surface area (Å²) < 4.78 is 37.9. The van der Waals surface area contributed by atoms with Crippen molar-refractivity contribution in [2.75, 3.05) is 20.3 Å². The molecule has 0 aliphatic carbocycles. The Morgan fingerprint density at radius 1 is 1.27 bits per heavy atom. The fourth-order valence-electron chi connectivity index (χ4n) is 4.23. The number of halogens is 2. The van der Waals surface area contributed by atoms with Gasteiger partial charge in [-0.3, -0.25) is 4.79 Å². The van der Waals surface area contributed by atoms with E-state index >= 15 is 0 Å². The summed E-state index contributed by atoms with van der Waals surface area (Å²) in [6.07, 6.45) is 0.155. The first kappa shape index (κ1) is 22.9. The number of amides is 1. The summed E-state index contributed by atoms with van der Waals surface area (Å²) in [7, 11) is 1.53. The highest BCUT2D eigenvalue weighted by atomic mass is 19.2. The van der Waals surface area contributed by atoms with Crippen LogP contribution in [0.5, 0.6) is 5.88 Å². The van der Waals surface area contributed by atoms with Crippen LogP contribution >= 0.6 is 0 Å². The van der Waals surface area contributed by atoms with Crippen molar-refractivity contribution in [2.45, 2.75) is 32.5 Å². The van der Waals surface area contributed by atoms with Gasteiger partial charge < -0.3 is 24.5 Å². The summed E-state index contributed by atoms with van der Waals surface area (Å²) in [5.41, 5.74) is 1.71. The average molecular weight is 457 g/mol. The molecule has 9 heteroatoms. The van der Waals surface area contributed by atoms with Crippen molar-refractivity contribution < 1.29 is 28.2 Å². The molecule has 1 amide bonds. The highest BCUT2D eigenvalue weighted by molar-refractivity contribution is 5.97. The molecule has 3 heterocycles. The van der Waals surface area contributed by atoms with Gasteiger partial charge in [-0.1, -0.05) is 13.8 Å². The fraction of sp³-hybridized carbons (Fsp3) is 0.333. The van der Waals surface area contributed by atoms with Crippen molar-refractivity contribution in [3.8, 4) is 5.88 Å². The molecule has 0 bridgehead atoms. The number of aromatic amines is 1. The number of nitrogens with one attached hydrogen (secondary N) is 1. The molecule has 174 valence electrons. The molecule has 2 N–H and O–H groups in total. The predicted octanol–water partition coefficient (Wildman–Crippen LogP) is 3.98. The number of aromatic nitrogens is 2. The molecule has 3 aromatic rings. The summed E-state index contributed by atoms with van der Waals surface area (Å²) in [5, 5.41) is 11.6. The number of fused-ring (bicyclic) bond motifs is 3. The lowest BCUT2D eigenvalue weighted by Crippen LogP contribution is -2.37. The van der Waals surface area contributed by atoms with E-state index in [2.05, 4.69) is 9.97 Å². The van der Waals surface area contributed by atoms with E-state index in [-0.39, 0.29) is 18.7 Å². The number of pyridine rings is 1. The first-order valence-corrected chi connectivity index (χ1v) is 10.5. The van der Waals surface area contributed by atoms with Crippen LogP contribution in [-0.2, 0) is 10.2 Å². The normalized spacial score (nSPS) is 16.2. The number of methoxy groups -OCH3 is 1. The number of hydrogen-bond acceptors (Lipinski definition) is 5. The third-order valence-electron chi connectivity index (χ3n) is 5.69. The molecule has 7 nitrogen and oxygen atoms in total. The Morgan fingerprint density at radius 3 is 2.70 bits per heavy atom.